The second kappa shape index (κ2) is 10.1. The molecule has 0 aliphatic heterocycles. The van der Waals surface area contributed by atoms with Crippen molar-refractivity contribution in [2.45, 2.75) is 11.5 Å². The van der Waals surface area contributed by atoms with E-state index in [4.69, 9.17) is 4.74 Å². The normalized spacial score (nSPS) is 11.1. The van der Waals surface area contributed by atoms with Crippen molar-refractivity contribution >= 4 is 49.9 Å². The first-order valence-electron chi connectivity index (χ1n) is 9.11. The number of carbonyl (C=O) groups is 1. The van der Waals surface area contributed by atoms with Crippen LogP contribution in [0.3, 0.4) is 0 Å². The Bertz CT molecular complexity index is 1100. The molecule has 156 valence electrons. The molecule has 3 rings (SSSR count). The first-order chi connectivity index (χ1) is 14.4. The van der Waals surface area contributed by atoms with Gasteiger partial charge in [0.15, 0.2) is 0 Å². The van der Waals surface area contributed by atoms with E-state index in [1.165, 1.54) is 12.1 Å². The van der Waals surface area contributed by atoms with Crippen LogP contribution >= 0.6 is 22.6 Å². The van der Waals surface area contributed by atoms with Crippen molar-refractivity contribution in [3.63, 3.8) is 0 Å². The van der Waals surface area contributed by atoms with E-state index in [0.717, 1.165) is 13.4 Å². The molecule has 30 heavy (non-hydrogen) atoms. The van der Waals surface area contributed by atoms with E-state index in [0.29, 0.717) is 18.0 Å². The van der Waals surface area contributed by atoms with Crippen molar-refractivity contribution in [2.75, 3.05) is 23.3 Å². The summed E-state index contributed by atoms with van der Waals surface area (Å²) in [6.45, 7) is 0.0627. The molecular formula is C22H21IN2O4S. The third kappa shape index (κ3) is 5.59. The molecule has 8 heteroatoms. The predicted molar refractivity (Wildman–Crippen MR) is 126 cm³/mol. The zero-order valence-electron chi connectivity index (χ0n) is 16.3. The third-order valence-electron chi connectivity index (χ3n) is 4.25. The van der Waals surface area contributed by atoms with Gasteiger partial charge < -0.3 is 10.1 Å². The second-order valence-corrected chi connectivity index (χ2v) is 9.59. The molecule has 0 heterocycles. The van der Waals surface area contributed by atoms with Crippen molar-refractivity contribution in [2.24, 2.45) is 0 Å². The molecule has 1 N–H and O–H groups in total. The van der Waals surface area contributed by atoms with E-state index in [1.54, 1.807) is 61.7 Å². The molecule has 3 aromatic rings. The highest BCUT2D eigenvalue weighted by Gasteiger charge is 2.27. The summed E-state index contributed by atoms with van der Waals surface area (Å²) in [5.74, 6) is -0.442. The van der Waals surface area contributed by atoms with Gasteiger partial charge in [0.05, 0.1) is 17.2 Å². The van der Waals surface area contributed by atoms with Crippen LogP contribution < -0.4 is 9.62 Å². The van der Waals surface area contributed by atoms with E-state index in [1.807, 2.05) is 12.1 Å². The topological polar surface area (TPSA) is 75.7 Å². The van der Waals surface area contributed by atoms with Crippen molar-refractivity contribution in [3.05, 3.63) is 88.0 Å². The Balaban J connectivity index is 1.88. The van der Waals surface area contributed by atoms with E-state index in [-0.39, 0.29) is 11.4 Å². The van der Waals surface area contributed by atoms with Crippen LogP contribution in [0.5, 0.6) is 0 Å². The Morgan fingerprint density at radius 2 is 1.70 bits per heavy atom. The molecule has 0 spiro atoms. The van der Waals surface area contributed by atoms with Gasteiger partial charge in [-0.25, -0.2) is 8.42 Å². The molecule has 0 unspecified atom stereocenters. The molecular weight excluding hydrogens is 515 g/mol. The zero-order chi connectivity index (χ0) is 21.6. The molecule has 1 amide bonds. The maximum absolute atomic E-state index is 13.3. The molecule has 0 aliphatic rings. The number of anilines is 2. The minimum absolute atomic E-state index is 0.124. The number of ether oxygens (including phenoxy) is 1. The molecule has 0 atom stereocenters. The lowest BCUT2D eigenvalue weighted by Gasteiger charge is -2.24. The van der Waals surface area contributed by atoms with Gasteiger partial charge in [-0.3, -0.25) is 9.10 Å². The number of methoxy groups -OCH3 is 1. The van der Waals surface area contributed by atoms with Gasteiger partial charge >= 0.3 is 0 Å². The van der Waals surface area contributed by atoms with Crippen LogP contribution in [0.15, 0.2) is 83.8 Å². The minimum atomic E-state index is -3.92. The van der Waals surface area contributed by atoms with Crippen LogP contribution in [0.2, 0.25) is 0 Å². The SMILES string of the molecule is COCc1cccc(NC(=O)CN(c2ccc(I)cc2)S(=O)(=O)c2ccccc2)c1. The fourth-order valence-electron chi connectivity index (χ4n) is 2.88. The summed E-state index contributed by atoms with van der Waals surface area (Å²) < 4.78 is 33.7. The zero-order valence-corrected chi connectivity index (χ0v) is 19.3. The number of nitrogens with zero attached hydrogens (tertiary/aromatic N) is 1. The summed E-state index contributed by atoms with van der Waals surface area (Å²) >= 11 is 2.15. The summed E-state index contributed by atoms with van der Waals surface area (Å²) in [4.78, 5) is 12.9. The van der Waals surface area contributed by atoms with Gasteiger partial charge in [-0.1, -0.05) is 30.3 Å². The van der Waals surface area contributed by atoms with Crippen LogP contribution in [0.1, 0.15) is 5.56 Å². The number of benzene rings is 3. The first-order valence-corrected chi connectivity index (χ1v) is 11.6. The first kappa shape index (κ1) is 22.3. The van der Waals surface area contributed by atoms with Crippen molar-refractivity contribution in [3.8, 4) is 0 Å². The van der Waals surface area contributed by atoms with Gasteiger partial charge in [-0.15, -0.1) is 0 Å². The van der Waals surface area contributed by atoms with Crippen LogP contribution in [0.25, 0.3) is 0 Å². The Morgan fingerprint density at radius 1 is 1.00 bits per heavy atom. The van der Waals surface area contributed by atoms with Crippen LogP contribution in [0, 0.1) is 3.57 Å². The molecule has 3 aromatic carbocycles. The lowest BCUT2D eigenvalue weighted by molar-refractivity contribution is -0.114. The Labute approximate surface area is 190 Å². The van der Waals surface area contributed by atoms with Crippen molar-refractivity contribution < 1.29 is 17.9 Å². The maximum Gasteiger partial charge on any atom is 0.264 e. The molecule has 0 aliphatic carbocycles. The van der Waals surface area contributed by atoms with Gasteiger partial charge in [-0.2, -0.15) is 0 Å². The number of carbonyl (C=O) groups excluding carboxylic acids is 1. The average molecular weight is 536 g/mol. The number of hydrogen-bond acceptors (Lipinski definition) is 4. The predicted octanol–water partition coefficient (Wildman–Crippen LogP) is 4.27. The molecule has 0 saturated heterocycles. The lowest BCUT2D eigenvalue weighted by Crippen LogP contribution is -2.38. The van der Waals surface area contributed by atoms with Gasteiger partial charge in [0.1, 0.15) is 6.54 Å². The summed E-state index contributed by atoms with van der Waals surface area (Å²) in [6, 6.07) is 22.3. The number of sulfonamides is 1. The second-order valence-electron chi connectivity index (χ2n) is 6.48. The van der Waals surface area contributed by atoms with Crippen LogP contribution in [-0.4, -0.2) is 28.0 Å². The highest BCUT2D eigenvalue weighted by atomic mass is 127. The smallest absolute Gasteiger partial charge is 0.264 e. The highest BCUT2D eigenvalue weighted by Crippen LogP contribution is 2.24. The maximum atomic E-state index is 13.3. The van der Waals surface area contributed by atoms with E-state index < -0.39 is 15.9 Å². The Kier molecular flexibility index (Phi) is 7.46. The standard InChI is InChI=1S/C22H21IN2O4S/c1-29-16-17-6-5-7-19(14-17)24-22(26)15-25(20-12-10-18(23)11-13-20)30(27,28)21-8-3-2-4-9-21/h2-14H,15-16H2,1H3,(H,24,26). The summed E-state index contributed by atoms with van der Waals surface area (Å²) in [5, 5.41) is 2.77. The average Bonchev–Trinajstić information content (AvgIpc) is 2.74. The highest BCUT2D eigenvalue weighted by molar-refractivity contribution is 14.1. The van der Waals surface area contributed by atoms with Gasteiger partial charge in [0.25, 0.3) is 10.0 Å². The quantitative estimate of drug-likeness (QED) is 0.437. The van der Waals surface area contributed by atoms with Crippen LogP contribution in [-0.2, 0) is 26.2 Å². The number of nitrogens with one attached hydrogen (secondary N) is 1. The molecule has 0 fully saturated rings. The number of halogens is 1. The van der Waals surface area contributed by atoms with Crippen molar-refractivity contribution in [1.82, 2.24) is 0 Å². The fourth-order valence-corrected chi connectivity index (χ4v) is 4.68. The number of hydrogen-bond donors (Lipinski definition) is 1. The van der Waals surface area contributed by atoms with Crippen LogP contribution in [0.4, 0.5) is 11.4 Å². The minimum Gasteiger partial charge on any atom is -0.380 e. The molecule has 6 nitrogen and oxygen atoms in total. The number of amides is 1. The van der Waals surface area contributed by atoms with Gasteiger partial charge in [-0.05, 0) is 76.7 Å². The van der Waals surface area contributed by atoms with E-state index >= 15 is 0 Å². The van der Waals surface area contributed by atoms with E-state index in [9.17, 15) is 13.2 Å². The summed E-state index contributed by atoms with van der Waals surface area (Å²) in [5.41, 5.74) is 1.90. The van der Waals surface area contributed by atoms with Gasteiger partial charge in [0.2, 0.25) is 5.91 Å². The third-order valence-corrected chi connectivity index (χ3v) is 6.76. The molecule has 0 bridgehead atoms. The molecule has 0 radical (unpaired) electrons. The summed E-state index contributed by atoms with van der Waals surface area (Å²) in [7, 11) is -2.33. The van der Waals surface area contributed by atoms with Gasteiger partial charge in [0, 0.05) is 16.4 Å². The molecule has 0 saturated carbocycles. The largest absolute Gasteiger partial charge is 0.380 e. The Hall–Kier alpha value is -2.43. The summed E-state index contributed by atoms with van der Waals surface area (Å²) in [6.07, 6.45) is 0. The fraction of sp³-hybridized carbons (Fsp3) is 0.136. The van der Waals surface area contributed by atoms with Crippen molar-refractivity contribution in [1.29, 1.82) is 0 Å². The Morgan fingerprint density at radius 3 is 2.37 bits per heavy atom. The molecule has 0 aromatic heterocycles. The monoisotopic (exact) mass is 536 g/mol. The number of rotatable bonds is 8. The lowest BCUT2D eigenvalue weighted by atomic mass is 10.2. The van der Waals surface area contributed by atoms with E-state index in [2.05, 4.69) is 27.9 Å².